The van der Waals surface area contributed by atoms with Gasteiger partial charge in [0, 0.05) is 29.7 Å². The van der Waals surface area contributed by atoms with Gasteiger partial charge in [0.15, 0.2) is 11.5 Å². The van der Waals surface area contributed by atoms with Crippen molar-refractivity contribution in [1.29, 1.82) is 0 Å². The van der Waals surface area contributed by atoms with Crippen molar-refractivity contribution in [3.8, 4) is 11.5 Å². The van der Waals surface area contributed by atoms with Crippen LogP contribution in [0.4, 0.5) is 0 Å². The Hall–Kier alpha value is -0.970. The summed E-state index contributed by atoms with van der Waals surface area (Å²) in [6, 6.07) is 3.60. The number of fused-ring (bicyclic) bond motifs is 1. The van der Waals surface area contributed by atoms with Crippen LogP contribution in [0.1, 0.15) is 31.4 Å². The summed E-state index contributed by atoms with van der Waals surface area (Å²) >= 11 is 6.37. The van der Waals surface area contributed by atoms with E-state index in [2.05, 4.69) is 6.92 Å². The molecule has 0 aromatic heterocycles. The number of hydrogen-bond donors (Lipinski definition) is 1. The van der Waals surface area contributed by atoms with E-state index >= 15 is 0 Å². The maximum atomic E-state index is 6.44. The molecule has 4 nitrogen and oxygen atoms in total. The Bertz CT molecular complexity index is 494. The first-order chi connectivity index (χ1) is 9.70. The fourth-order valence-corrected chi connectivity index (χ4v) is 3.34. The van der Waals surface area contributed by atoms with Crippen molar-refractivity contribution in [2.75, 3.05) is 19.8 Å². The number of rotatable bonds is 3. The molecule has 2 N–H and O–H groups in total. The quantitative estimate of drug-likeness (QED) is 0.932. The molecule has 3 atom stereocenters. The molecule has 0 amide bonds. The van der Waals surface area contributed by atoms with Crippen molar-refractivity contribution >= 4 is 11.6 Å². The Morgan fingerprint density at radius 1 is 1.25 bits per heavy atom. The SMILES string of the molecule is CCC1OCCC1C(N)c1cc2c(cc1Cl)OCCO2. The van der Waals surface area contributed by atoms with E-state index < -0.39 is 0 Å². The molecule has 2 heterocycles. The third-order valence-electron chi connectivity index (χ3n) is 4.14. The molecule has 0 bridgehead atoms. The van der Waals surface area contributed by atoms with E-state index in [4.69, 9.17) is 31.5 Å². The fourth-order valence-electron chi connectivity index (χ4n) is 3.06. The molecule has 3 unspecified atom stereocenters. The Morgan fingerprint density at radius 2 is 1.95 bits per heavy atom. The lowest BCUT2D eigenvalue weighted by Gasteiger charge is -2.26. The van der Waals surface area contributed by atoms with Gasteiger partial charge in [0.1, 0.15) is 13.2 Å². The number of halogens is 1. The molecule has 0 saturated carbocycles. The maximum Gasteiger partial charge on any atom is 0.162 e. The number of ether oxygens (including phenoxy) is 3. The van der Waals surface area contributed by atoms with Crippen LogP contribution in [0.3, 0.4) is 0 Å². The fraction of sp³-hybridized carbons (Fsp3) is 0.600. The van der Waals surface area contributed by atoms with Crippen LogP contribution in [-0.4, -0.2) is 25.9 Å². The van der Waals surface area contributed by atoms with Crippen LogP contribution in [0.25, 0.3) is 0 Å². The molecular formula is C15H20ClNO3. The van der Waals surface area contributed by atoms with Crippen LogP contribution >= 0.6 is 11.6 Å². The average molecular weight is 298 g/mol. The predicted octanol–water partition coefficient (Wildman–Crippen LogP) is 2.93. The minimum atomic E-state index is -0.134. The summed E-state index contributed by atoms with van der Waals surface area (Å²) in [5.41, 5.74) is 7.36. The number of nitrogens with two attached hydrogens (primary N) is 1. The van der Waals surface area contributed by atoms with E-state index in [0.717, 1.165) is 30.8 Å². The zero-order chi connectivity index (χ0) is 14.1. The summed E-state index contributed by atoms with van der Waals surface area (Å²) in [7, 11) is 0. The highest BCUT2D eigenvalue weighted by atomic mass is 35.5. The summed E-state index contributed by atoms with van der Waals surface area (Å²) in [5.74, 6) is 1.74. The molecule has 2 aliphatic heterocycles. The molecule has 20 heavy (non-hydrogen) atoms. The van der Waals surface area contributed by atoms with Crippen LogP contribution in [-0.2, 0) is 4.74 Å². The van der Waals surface area contributed by atoms with E-state index in [0.29, 0.717) is 29.9 Å². The summed E-state index contributed by atoms with van der Waals surface area (Å²) in [6.45, 7) is 4.02. The largest absolute Gasteiger partial charge is 0.486 e. The molecule has 1 aromatic rings. The van der Waals surface area contributed by atoms with Crippen LogP contribution in [0, 0.1) is 5.92 Å². The van der Waals surface area contributed by atoms with Crippen LogP contribution in [0.5, 0.6) is 11.5 Å². The van der Waals surface area contributed by atoms with E-state index in [-0.39, 0.29) is 12.1 Å². The first-order valence-corrected chi connectivity index (χ1v) is 7.54. The summed E-state index contributed by atoms with van der Waals surface area (Å²) < 4.78 is 16.9. The standard InChI is InChI=1S/C15H20ClNO3/c1-2-12-9(3-4-18-12)15(17)10-7-13-14(8-11(10)16)20-6-5-19-13/h7-9,12,15H,2-6,17H2,1H3. The average Bonchev–Trinajstić information content (AvgIpc) is 2.94. The van der Waals surface area contributed by atoms with E-state index in [1.807, 2.05) is 12.1 Å². The summed E-state index contributed by atoms with van der Waals surface area (Å²) in [4.78, 5) is 0. The van der Waals surface area contributed by atoms with Crippen molar-refractivity contribution in [3.63, 3.8) is 0 Å². The monoisotopic (exact) mass is 297 g/mol. The van der Waals surface area contributed by atoms with Crippen molar-refractivity contribution in [2.45, 2.75) is 31.9 Å². The van der Waals surface area contributed by atoms with Gasteiger partial charge >= 0.3 is 0 Å². The third-order valence-corrected chi connectivity index (χ3v) is 4.47. The second kappa shape index (κ2) is 5.80. The lowest BCUT2D eigenvalue weighted by Crippen LogP contribution is -2.28. The van der Waals surface area contributed by atoms with Gasteiger partial charge in [-0.15, -0.1) is 0 Å². The molecule has 3 rings (SSSR count). The lowest BCUT2D eigenvalue weighted by atomic mass is 9.87. The molecule has 2 aliphatic rings. The smallest absolute Gasteiger partial charge is 0.162 e. The van der Waals surface area contributed by atoms with Gasteiger partial charge in [-0.25, -0.2) is 0 Å². The minimum absolute atomic E-state index is 0.134. The second-order valence-electron chi connectivity index (χ2n) is 5.31. The van der Waals surface area contributed by atoms with Crippen LogP contribution < -0.4 is 15.2 Å². The summed E-state index contributed by atoms with van der Waals surface area (Å²) in [5, 5.41) is 0.642. The molecule has 0 radical (unpaired) electrons. The Labute approximate surface area is 124 Å². The van der Waals surface area contributed by atoms with Crippen molar-refractivity contribution in [1.82, 2.24) is 0 Å². The normalized spacial score (nSPS) is 26.6. The zero-order valence-corrected chi connectivity index (χ0v) is 12.4. The van der Waals surface area contributed by atoms with Crippen molar-refractivity contribution in [2.24, 2.45) is 11.7 Å². The highest BCUT2D eigenvalue weighted by Gasteiger charge is 2.34. The first kappa shape index (κ1) is 14.0. The molecular weight excluding hydrogens is 278 g/mol. The van der Waals surface area contributed by atoms with Gasteiger partial charge in [0.2, 0.25) is 0 Å². The minimum Gasteiger partial charge on any atom is -0.486 e. The zero-order valence-electron chi connectivity index (χ0n) is 11.6. The molecule has 1 saturated heterocycles. The van der Waals surface area contributed by atoms with Crippen LogP contribution in [0.15, 0.2) is 12.1 Å². The van der Waals surface area contributed by atoms with Crippen molar-refractivity contribution < 1.29 is 14.2 Å². The molecule has 0 aliphatic carbocycles. The first-order valence-electron chi connectivity index (χ1n) is 7.17. The van der Waals surface area contributed by atoms with Gasteiger partial charge in [0.05, 0.1) is 6.10 Å². The topological polar surface area (TPSA) is 53.7 Å². The highest BCUT2D eigenvalue weighted by Crippen LogP contribution is 2.41. The second-order valence-corrected chi connectivity index (χ2v) is 5.72. The van der Waals surface area contributed by atoms with Gasteiger partial charge in [-0.2, -0.15) is 0 Å². The number of benzene rings is 1. The Kier molecular flexibility index (Phi) is 4.06. The number of hydrogen-bond acceptors (Lipinski definition) is 4. The molecule has 1 aromatic carbocycles. The van der Waals surface area contributed by atoms with Gasteiger partial charge in [-0.1, -0.05) is 18.5 Å². The Morgan fingerprint density at radius 3 is 2.65 bits per heavy atom. The van der Waals surface area contributed by atoms with Crippen molar-refractivity contribution in [3.05, 3.63) is 22.7 Å². The van der Waals surface area contributed by atoms with Gasteiger partial charge in [-0.05, 0) is 24.5 Å². The van der Waals surface area contributed by atoms with Gasteiger partial charge in [0.25, 0.3) is 0 Å². The van der Waals surface area contributed by atoms with E-state index in [1.54, 1.807) is 0 Å². The Balaban J connectivity index is 1.89. The van der Waals surface area contributed by atoms with E-state index in [1.165, 1.54) is 0 Å². The highest BCUT2D eigenvalue weighted by molar-refractivity contribution is 6.31. The van der Waals surface area contributed by atoms with Gasteiger partial charge < -0.3 is 19.9 Å². The van der Waals surface area contributed by atoms with E-state index in [9.17, 15) is 0 Å². The molecule has 1 fully saturated rings. The molecule has 0 spiro atoms. The van der Waals surface area contributed by atoms with Gasteiger partial charge in [-0.3, -0.25) is 0 Å². The molecule has 5 heteroatoms. The third kappa shape index (κ3) is 2.48. The maximum absolute atomic E-state index is 6.44. The predicted molar refractivity (Wildman–Crippen MR) is 77.5 cm³/mol. The molecule has 110 valence electrons. The summed E-state index contributed by atoms with van der Waals surface area (Å²) in [6.07, 6.45) is 2.17. The van der Waals surface area contributed by atoms with Crippen LogP contribution in [0.2, 0.25) is 5.02 Å². The lowest BCUT2D eigenvalue weighted by molar-refractivity contribution is 0.0813.